The first-order valence-electron chi connectivity index (χ1n) is 12.3. The van der Waals surface area contributed by atoms with Crippen molar-refractivity contribution in [2.24, 2.45) is 0 Å². The number of fused-ring (bicyclic) bond motifs is 1. The molecule has 4 heterocycles. The van der Waals surface area contributed by atoms with Crippen molar-refractivity contribution in [1.29, 1.82) is 5.26 Å². The highest BCUT2D eigenvalue weighted by Crippen LogP contribution is 2.35. The number of carbonyl (C=O) groups excluding carboxylic acids is 1. The number of nitriles is 1. The van der Waals surface area contributed by atoms with E-state index in [1.165, 1.54) is 0 Å². The largest absolute Gasteiger partial charge is 0.379 e. The van der Waals surface area contributed by atoms with E-state index in [0.717, 1.165) is 55.4 Å². The molecule has 0 radical (unpaired) electrons. The highest BCUT2D eigenvalue weighted by atomic mass is 16.5. The van der Waals surface area contributed by atoms with Gasteiger partial charge in [-0.1, -0.05) is 36.4 Å². The zero-order valence-corrected chi connectivity index (χ0v) is 19.8. The van der Waals surface area contributed by atoms with Gasteiger partial charge < -0.3 is 10.1 Å². The number of aromatic nitrogens is 1. The molecule has 2 aliphatic heterocycles. The molecule has 2 aromatic heterocycles. The maximum Gasteiger partial charge on any atom is 0.267 e. The summed E-state index contributed by atoms with van der Waals surface area (Å²) in [5.41, 5.74) is 2.17. The van der Waals surface area contributed by atoms with Gasteiger partial charge in [-0.2, -0.15) is 5.26 Å². The first-order valence-corrected chi connectivity index (χ1v) is 12.3. The monoisotopic (exact) mass is 470 g/mol. The maximum absolute atomic E-state index is 13.2. The summed E-state index contributed by atoms with van der Waals surface area (Å²) < 4.78 is 7.04. The number of piperidine rings is 1. The predicted octanol–water partition coefficient (Wildman–Crippen LogP) is 3.27. The Bertz CT molecular complexity index is 1300. The molecule has 1 atom stereocenters. The molecule has 1 aromatic carbocycles. The molecule has 7 nitrogen and oxygen atoms in total. The lowest BCUT2D eigenvalue weighted by atomic mass is 9.74. The van der Waals surface area contributed by atoms with E-state index in [1.54, 1.807) is 22.7 Å². The normalized spacial score (nSPS) is 20.3. The Morgan fingerprint density at radius 3 is 2.63 bits per heavy atom. The number of rotatable bonds is 5. The molecule has 3 aromatic rings. The average Bonchev–Trinajstić information content (AvgIpc) is 2.92. The van der Waals surface area contributed by atoms with E-state index in [-0.39, 0.29) is 23.1 Å². The molecule has 0 spiro atoms. The molecular formula is C28H30N4O3. The number of hydrogen-bond acceptors (Lipinski definition) is 5. The van der Waals surface area contributed by atoms with Gasteiger partial charge >= 0.3 is 0 Å². The third-order valence-electron chi connectivity index (χ3n) is 7.34. The Kier molecular flexibility index (Phi) is 6.67. The van der Waals surface area contributed by atoms with Crippen molar-refractivity contribution in [3.63, 3.8) is 0 Å². The Morgan fingerprint density at radius 1 is 1.14 bits per heavy atom. The van der Waals surface area contributed by atoms with Crippen LogP contribution in [0.4, 0.5) is 0 Å². The first kappa shape index (κ1) is 23.3. The number of nitrogens with one attached hydrogen (secondary N) is 1. The number of likely N-dealkylation sites (tertiary alicyclic amines) is 1. The predicted molar refractivity (Wildman–Crippen MR) is 133 cm³/mol. The molecule has 2 fully saturated rings. The van der Waals surface area contributed by atoms with Gasteiger partial charge in [0.05, 0.1) is 29.6 Å². The molecule has 0 unspecified atom stereocenters. The van der Waals surface area contributed by atoms with E-state index in [2.05, 4.69) is 16.3 Å². The molecule has 0 aliphatic carbocycles. The highest BCUT2D eigenvalue weighted by Gasteiger charge is 2.36. The number of pyridine rings is 2. The third-order valence-corrected chi connectivity index (χ3v) is 7.34. The average molecular weight is 471 g/mol. The van der Waals surface area contributed by atoms with Gasteiger partial charge in [0, 0.05) is 32.4 Å². The molecule has 180 valence electrons. The standard InChI is InChI=1S/C28H30N4O3/c29-20-28(22-7-2-1-3-8-22)11-14-31(15-12-28)18-21-17-24(26(33)30-23-9-6-16-35-19-23)27(34)32-13-5-4-10-25(21)32/h1-5,7-8,10,13,17,23H,6,9,11-12,14-16,18-19H2,(H,30,33)/t23-/m1/s1. The fourth-order valence-electron chi connectivity index (χ4n) is 5.28. The second-order valence-electron chi connectivity index (χ2n) is 9.57. The zero-order valence-electron chi connectivity index (χ0n) is 19.8. The van der Waals surface area contributed by atoms with Crippen LogP contribution >= 0.6 is 0 Å². The molecule has 35 heavy (non-hydrogen) atoms. The fourth-order valence-corrected chi connectivity index (χ4v) is 5.28. The molecule has 7 heteroatoms. The van der Waals surface area contributed by atoms with Gasteiger partial charge in [0.2, 0.25) is 0 Å². The molecule has 1 N–H and O–H groups in total. The van der Waals surface area contributed by atoms with Crippen LogP contribution in [0.15, 0.2) is 65.6 Å². The summed E-state index contributed by atoms with van der Waals surface area (Å²) in [6, 6.07) is 19.9. The quantitative estimate of drug-likeness (QED) is 0.619. The number of nitrogens with zero attached hydrogens (tertiary/aromatic N) is 3. The summed E-state index contributed by atoms with van der Waals surface area (Å²) in [4.78, 5) is 28.5. The van der Waals surface area contributed by atoms with Crippen molar-refractivity contribution in [3.05, 3.63) is 87.8 Å². The molecule has 1 amide bonds. The zero-order chi connectivity index (χ0) is 24.3. The van der Waals surface area contributed by atoms with Crippen molar-refractivity contribution in [3.8, 4) is 6.07 Å². The fraction of sp³-hybridized carbons (Fsp3) is 0.393. The molecule has 5 rings (SSSR count). The second kappa shape index (κ2) is 10.0. The smallest absolute Gasteiger partial charge is 0.267 e. The van der Waals surface area contributed by atoms with Crippen LogP contribution in [0.25, 0.3) is 5.52 Å². The Labute approximate surface area is 204 Å². The summed E-state index contributed by atoms with van der Waals surface area (Å²) in [5, 5.41) is 13.0. The van der Waals surface area contributed by atoms with Gasteiger partial charge in [0.25, 0.3) is 11.5 Å². The van der Waals surface area contributed by atoms with Crippen molar-refractivity contribution in [2.75, 3.05) is 26.3 Å². The van der Waals surface area contributed by atoms with Gasteiger partial charge in [0.15, 0.2) is 0 Å². The lowest BCUT2D eigenvalue weighted by molar-refractivity contribution is 0.0623. The van der Waals surface area contributed by atoms with Gasteiger partial charge in [-0.3, -0.25) is 18.9 Å². The number of carbonyl (C=O) groups is 1. The number of amides is 1. The summed E-state index contributed by atoms with van der Waals surface area (Å²) in [5.74, 6) is -0.351. The van der Waals surface area contributed by atoms with Crippen LogP contribution in [0.2, 0.25) is 0 Å². The Morgan fingerprint density at radius 2 is 1.91 bits per heavy atom. The van der Waals surface area contributed by atoms with Crippen LogP contribution in [0, 0.1) is 11.3 Å². The second-order valence-corrected chi connectivity index (χ2v) is 9.57. The van der Waals surface area contributed by atoms with Crippen LogP contribution in [-0.2, 0) is 16.7 Å². The van der Waals surface area contributed by atoms with Gasteiger partial charge in [0.1, 0.15) is 5.56 Å². The number of benzene rings is 1. The van der Waals surface area contributed by atoms with Crippen molar-refractivity contribution >= 4 is 11.4 Å². The lowest BCUT2D eigenvalue weighted by Crippen LogP contribution is -2.43. The van der Waals surface area contributed by atoms with Gasteiger partial charge in [-0.25, -0.2) is 0 Å². The van der Waals surface area contributed by atoms with Crippen molar-refractivity contribution < 1.29 is 9.53 Å². The van der Waals surface area contributed by atoms with Gasteiger partial charge in [-0.15, -0.1) is 0 Å². The topological polar surface area (TPSA) is 86.8 Å². The van der Waals surface area contributed by atoms with E-state index in [0.29, 0.717) is 19.8 Å². The first-order chi connectivity index (χ1) is 17.1. The summed E-state index contributed by atoms with van der Waals surface area (Å²) in [6.07, 6.45) is 4.95. The van der Waals surface area contributed by atoms with Crippen LogP contribution < -0.4 is 10.9 Å². The van der Waals surface area contributed by atoms with Crippen molar-refractivity contribution in [1.82, 2.24) is 14.6 Å². The molecular weight excluding hydrogens is 440 g/mol. The number of ether oxygens (including phenoxy) is 1. The SMILES string of the molecule is N#CC1(c2ccccc2)CCN(Cc2cc(C(=O)N[C@@H]3CCCOC3)c(=O)n3ccccc23)CC1. The summed E-state index contributed by atoms with van der Waals surface area (Å²) in [6.45, 7) is 3.33. The molecule has 2 aliphatic rings. The highest BCUT2D eigenvalue weighted by molar-refractivity contribution is 5.94. The summed E-state index contributed by atoms with van der Waals surface area (Å²) >= 11 is 0. The Hall–Kier alpha value is -3.47. The molecule has 0 saturated carbocycles. The van der Waals surface area contributed by atoms with Crippen molar-refractivity contribution in [2.45, 2.75) is 43.7 Å². The van der Waals surface area contributed by atoms with Crippen LogP contribution in [0.3, 0.4) is 0 Å². The van der Waals surface area contributed by atoms with Crippen LogP contribution in [0.1, 0.15) is 47.2 Å². The minimum atomic E-state index is -0.472. The third kappa shape index (κ3) is 4.72. The minimum Gasteiger partial charge on any atom is -0.379 e. The lowest BCUT2D eigenvalue weighted by Gasteiger charge is -2.37. The molecule has 0 bridgehead atoms. The van der Waals surface area contributed by atoms with Gasteiger partial charge in [-0.05, 0) is 55.0 Å². The van der Waals surface area contributed by atoms with E-state index >= 15 is 0 Å². The van der Waals surface area contributed by atoms with E-state index < -0.39 is 5.41 Å². The molecule has 2 saturated heterocycles. The summed E-state index contributed by atoms with van der Waals surface area (Å²) in [7, 11) is 0. The minimum absolute atomic E-state index is 0.0743. The number of hydrogen-bond donors (Lipinski definition) is 1. The maximum atomic E-state index is 13.2. The van der Waals surface area contributed by atoms with Crippen LogP contribution in [-0.4, -0.2) is 47.6 Å². The van der Waals surface area contributed by atoms with E-state index in [1.807, 2.05) is 42.5 Å². The van der Waals surface area contributed by atoms with E-state index in [9.17, 15) is 14.9 Å². The van der Waals surface area contributed by atoms with Crippen LogP contribution in [0.5, 0.6) is 0 Å². The Balaban J connectivity index is 1.38. The van der Waals surface area contributed by atoms with E-state index in [4.69, 9.17) is 4.74 Å².